The fourth-order valence-corrected chi connectivity index (χ4v) is 2.79. The molecule has 0 aliphatic rings. The summed E-state index contributed by atoms with van der Waals surface area (Å²) in [6.45, 7) is 0.481. The average molecular weight is 335 g/mol. The Morgan fingerprint density at radius 1 is 1.55 bits per heavy atom. The molecule has 20 heavy (non-hydrogen) atoms. The number of nitrogens with one attached hydrogen (secondary N) is 2. The van der Waals surface area contributed by atoms with E-state index in [1.165, 1.54) is 11.3 Å². The summed E-state index contributed by atoms with van der Waals surface area (Å²) in [4.78, 5) is 13.2. The Hall–Kier alpha value is -1.08. The lowest BCUT2D eigenvalue weighted by Gasteiger charge is -2.14. The van der Waals surface area contributed by atoms with Crippen LogP contribution in [-0.2, 0) is 18.4 Å². The first-order valence-corrected chi connectivity index (χ1v) is 6.97. The van der Waals surface area contributed by atoms with Crippen molar-refractivity contribution >= 4 is 41.3 Å². The van der Waals surface area contributed by atoms with Gasteiger partial charge in [0.15, 0.2) is 0 Å². The van der Waals surface area contributed by atoms with Gasteiger partial charge in [-0.2, -0.15) is 5.10 Å². The Morgan fingerprint density at radius 3 is 2.80 bits per heavy atom. The normalized spacial score (nSPS) is 11.8. The third-order valence-corrected chi connectivity index (χ3v) is 3.91. The quantitative estimate of drug-likeness (QED) is 0.880. The molecule has 0 saturated heterocycles. The van der Waals surface area contributed by atoms with Gasteiger partial charge in [0.05, 0.1) is 17.1 Å². The summed E-state index contributed by atoms with van der Waals surface area (Å²) in [6.07, 6.45) is 3.51. The number of nitrogens with zero attached hydrogens (tertiary/aromatic N) is 2. The molecule has 0 aliphatic heterocycles. The summed E-state index contributed by atoms with van der Waals surface area (Å²) in [5.74, 6) is -0.0833. The smallest absolute Gasteiger partial charge is 0.242 e. The zero-order valence-electron chi connectivity index (χ0n) is 11.1. The zero-order valence-corrected chi connectivity index (χ0v) is 13.5. The molecule has 110 valence electrons. The number of carbonyl (C=O) groups is 1. The summed E-state index contributed by atoms with van der Waals surface area (Å²) in [6, 6.07) is 3.33. The van der Waals surface area contributed by atoms with Crippen LogP contribution >= 0.6 is 35.3 Å². The third kappa shape index (κ3) is 4.21. The highest BCUT2D eigenvalue weighted by atomic mass is 35.5. The number of aromatic nitrogens is 2. The second-order valence-electron chi connectivity index (χ2n) is 4.09. The predicted octanol–water partition coefficient (Wildman–Crippen LogP) is 2.13. The van der Waals surface area contributed by atoms with Crippen LogP contribution in [0.3, 0.4) is 0 Å². The van der Waals surface area contributed by atoms with Crippen LogP contribution in [0.1, 0.15) is 16.5 Å². The van der Waals surface area contributed by atoms with Gasteiger partial charge in [0, 0.05) is 23.7 Å². The monoisotopic (exact) mass is 334 g/mol. The number of thiophene rings is 1. The third-order valence-electron chi connectivity index (χ3n) is 2.67. The number of hydrogen-bond acceptors (Lipinski definition) is 4. The van der Waals surface area contributed by atoms with E-state index in [1.807, 2.05) is 25.4 Å². The maximum atomic E-state index is 12.1. The molecular formula is C12H16Cl2N4OS. The molecule has 0 bridgehead atoms. The van der Waals surface area contributed by atoms with Gasteiger partial charge in [0.1, 0.15) is 6.04 Å². The van der Waals surface area contributed by atoms with E-state index in [9.17, 15) is 4.79 Å². The van der Waals surface area contributed by atoms with Crippen molar-refractivity contribution in [3.63, 3.8) is 0 Å². The van der Waals surface area contributed by atoms with Crippen LogP contribution in [0, 0.1) is 0 Å². The van der Waals surface area contributed by atoms with Gasteiger partial charge in [-0.25, -0.2) is 0 Å². The largest absolute Gasteiger partial charge is 0.350 e. The zero-order chi connectivity index (χ0) is 13.8. The molecule has 0 spiro atoms. The first-order chi connectivity index (χ1) is 9.10. The van der Waals surface area contributed by atoms with E-state index < -0.39 is 6.04 Å². The molecule has 1 unspecified atom stereocenters. The van der Waals surface area contributed by atoms with E-state index >= 15 is 0 Å². The second kappa shape index (κ2) is 7.64. The van der Waals surface area contributed by atoms with E-state index in [4.69, 9.17) is 11.6 Å². The highest BCUT2D eigenvalue weighted by Crippen LogP contribution is 2.21. The van der Waals surface area contributed by atoms with Crippen molar-refractivity contribution in [3.8, 4) is 0 Å². The number of carbonyl (C=O) groups excluding carboxylic acids is 1. The van der Waals surface area contributed by atoms with E-state index in [0.29, 0.717) is 6.54 Å². The first kappa shape index (κ1) is 17.0. The predicted molar refractivity (Wildman–Crippen MR) is 83.4 cm³/mol. The van der Waals surface area contributed by atoms with Gasteiger partial charge in [0.2, 0.25) is 5.91 Å². The van der Waals surface area contributed by atoms with Gasteiger partial charge in [-0.3, -0.25) is 9.48 Å². The molecule has 2 rings (SSSR count). The van der Waals surface area contributed by atoms with Crippen LogP contribution in [0.15, 0.2) is 24.5 Å². The first-order valence-electron chi connectivity index (χ1n) is 5.78. The standard InChI is InChI=1S/C12H15ClN4OS.ClH/c1-14-11(8-5-16-17(2)7-8)12(18)15-6-9-3-4-10(13)19-9;/h3-5,7,11,14H,6H2,1-2H3,(H,15,18);1H. The minimum Gasteiger partial charge on any atom is -0.350 e. The van der Waals surface area contributed by atoms with Gasteiger partial charge >= 0.3 is 0 Å². The molecule has 0 radical (unpaired) electrons. The average Bonchev–Trinajstić information content (AvgIpc) is 2.97. The van der Waals surface area contributed by atoms with Crippen LogP contribution in [0.25, 0.3) is 0 Å². The number of aryl methyl sites for hydroxylation is 1. The molecule has 0 saturated carbocycles. The molecule has 2 aromatic heterocycles. The Kier molecular flexibility index (Phi) is 6.48. The summed E-state index contributed by atoms with van der Waals surface area (Å²) in [5, 5.41) is 9.94. The fourth-order valence-electron chi connectivity index (χ4n) is 1.76. The van der Waals surface area contributed by atoms with Crippen LogP contribution in [0.2, 0.25) is 4.34 Å². The van der Waals surface area contributed by atoms with Crippen molar-refractivity contribution in [2.45, 2.75) is 12.6 Å². The Bertz CT molecular complexity index is 569. The van der Waals surface area contributed by atoms with E-state index in [1.54, 1.807) is 17.9 Å². The fraction of sp³-hybridized carbons (Fsp3) is 0.333. The molecule has 2 aromatic rings. The highest BCUT2D eigenvalue weighted by Gasteiger charge is 2.19. The topological polar surface area (TPSA) is 59.0 Å². The lowest BCUT2D eigenvalue weighted by atomic mass is 10.1. The molecular weight excluding hydrogens is 319 g/mol. The van der Waals surface area contributed by atoms with Crippen LogP contribution in [0.4, 0.5) is 0 Å². The number of halogens is 2. The number of likely N-dealkylation sites (N-methyl/N-ethyl adjacent to an activating group) is 1. The summed E-state index contributed by atoms with van der Waals surface area (Å²) in [7, 11) is 3.57. The number of amides is 1. The van der Waals surface area contributed by atoms with Crippen LogP contribution in [-0.4, -0.2) is 22.7 Å². The molecule has 2 heterocycles. The van der Waals surface area contributed by atoms with Gasteiger partial charge in [-0.1, -0.05) is 11.6 Å². The molecule has 0 aromatic carbocycles. The molecule has 8 heteroatoms. The lowest BCUT2D eigenvalue weighted by Crippen LogP contribution is -2.35. The van der Waals surface area contributed by atoms with Crippen molar-refractivity contribution in [1.29, 1.82) is 0 Å². The van der Waals surface area contributed by atoms with Crippen molar-refractivity contribution in [1.82, 2.24) is 20.4 Å². The maximum Gasteiger partial charge on any atom is 0.242 e. The van der Waals surface area contributed by atoms with Gasteiger partial charge < -0.3 is 10.6 Å². The van der Waals surface area contributed by atoms with Gasteiger partial charge in [-0.05, 0) is 19.2 Å². The van der Waals surface area contributed by atoms with E-state index in [0.717, 1.165) is 14.8 Å². The second-order valence-corrected chi connectivity index (χ2v) is 5.89. The molecule has 1 atom stereocenters. The van der Waals surface area contributed by atoms with Crippen LogP contribution < -0.4 is 10.6 Å². The summed E-state index contributed by atoms with van der Waals surface area (Å²) in [5.41, 5.74) is 0.840. The minimum absolute atomic E-state index is 0. The SMILES string of the molecule is CNC(C(=O)NCc1ccc(Cl)s1)c1cnn(C)c1.Cl. The number of hydrogen-bond donors (Lipinski definition) is 2. The van der Waals surface area contributed by atoms with E-state index in [-0.39, 0.29) is 18.3 Å². The summed E-state index contributed by atoms with van der Waals surface area (Å²) >= 11 is 7.31. The van der Waals surface area contributed by atoms with Crippen molar-refractivity contribution in [2.24, 2.45) is 7.05 Å². The van der Waals surface area contributed by atoms with Gasteiger partial charge in [0.25, 0.3) is 0 Å². The molecule has 1 amide bonds. The van der Waals surface area contributed by atoms with Gasteiger partial charge in [-0.15, -0.1) is 23.7 Å². The molecule has 0 aliphatic carbocycles. The Labute approximate surface area is 132 Å². The Morgan fingerprint density at radius 2 is 2.30 bits per heavy atom. The van der Waals surface area contributed by atoms with Crippen molar-refractivity contribution in [2.75, 3.05) is 7.05 Å². The highest BCUT2D eigenvalue weighted by molar-refractivity contribution is 7.16. The lowest BCUT2D eigenvalue weighted by molar-refractivity contribution is -0.123. The Balaban J connectivity index is 0.00000200. The molecule has 5 nitrogen and oxygen atoms in total. The maximum absolute atomic E-state index is 12.1. The number of rotatable bonds is 5. The van der Waals surface area contributed by atoms with Crippen molar-refractivity contribution < 1.29 is 4.79 Å². The summed E-state index contributed by atoms with van der Waals surface area (Å²) < 4.78 is 2.40. The van der Waals surface area contributed by atoms with Crippen LogP contribution in [0.5, 0.6) is 0 Å². The molecule has 0 fully saturated rings. The minimum atomic E-state index is -0.399. The van der Waals surface area contributed by atoms with E-state index in [2.05, 4.69) is 15.7 Å². The van der Waals surface area contributed by atoms with Crippen molar-refractivity contribution in [3.05, 3.63) is 39.3 Å². The molecule has 2 N–H and O–H groups in total.